The minimum atomic E-state index is -2.38. The summed E-state index contributed by atoms with van der Waals surface area (Å²) in [5.41, 5.74) is 0.376. The van der Waals surface area contributed by atoms with Crippen LogP contribution in [0.4, 0.5) is 0 Å². The summed E-state index contributed by atoms with van der Waals surface area (Å²) in [4.78, 5) is 0. The largest absolute Gasteiger partial charge is 0.366 e. The molecule has 0 N–H and O–H groups in total. The van der Waals surface area contributed by atoms with Crippen molar-refractivity contribution in [3.63, 3.8) is 0 Å². The van der Waals surface area contributed by atoms with Crippen molar-refractivity contribution in [2.24, 2.45) is 0 Å². The second kappa shape index (κ2) is 5.23. The van der Waals surface area contributed by atoms with Crippen molar-refractivity contribution in [1.82, 2.24) is 0 Å². The molecule has 6 heteroatoms. The second-order valence-corrected chi connectivity index (χ2v) is 13.6. The Balaban J connectivity index is 3.11. The lowest BCUT2D eigenvalue weighted by Gasteiger charge is -2.50. The van der Waals surface area contributed by atoms with Gasteiger partial charge in [-0.15, -0.1) is 0 Å². The van der Waals surface area contributed by atoms with Crippen LogP contribution in [0.1, 0.15) is 48.0 Å². The van der Waals surface area contributed by atoms with E-state index in [0.717, 1.165) is 6.42 Å². The zero-order chi connectivity index (χ0) is 15.1. The summed E-state index contributed by atoms with van der Waals surface area (Å²) in [7, 11) is -4.66. The molecule has 1 rings (SSSR count). The number of rotatable bonds is 2. The van der Waals surface area contributed by atoms with E-state index in [1.165, 1.54) is 0 Å². The Morgan fingerprint density at radius 2 is 1.21 bits per heavy atom. The molecule has 1 fully saturated rings. The summed E-state index contributed by atoms with van der Waals surface area (Å²) in [5.74, 6) is -1.31. The van der Waals surface area contributed by atoms with Crippen LogP contribution in [0.15, 0.2) is 0 Å². The molecule has 114 valence electrons. The molecule has 1 heterocycles. The lowest BCUT2D eigenvalue weighted by Crippen LogP contribution is -2.62. The fourth-order valence-electron chi connectivity index (χ4n) is 2.82. The van der Waals surface area contributed by atoms with Gasteiger partial charge >= 0.3 is 17.1 Å². The average molecular weight is 307 g/mol. The Hall–Kier alpha value is 0.274. The van der Waals surface area contributed by atoms with Gasteiger partial charge < -0.3 is 17.7 Å². The van der Waals surface area contributed by atoms with E-state index >= 15 is 0 Å². The molecule has 4 nitrogen and oxygen atoms in total. The van der Waals surface area contributed by atoms with Gasteiger partial charge in [-0.25, -0.2) is 0 Å². The van der Waals surface area contributed by atoms with Crippen molar-refractivity contribution in [1.29, 1.82) is 0 Å². The third-order valence-electron chi connectivity index (χ3n) is 3.39. The lowest BCUT2D eigenvalue weighted by atomic mass is 10.4. The van der Waals surface area contributed by atoms with E-state index in [1.54, 1.807) is 0 Å². The molecule has 0 aromatic rings. The summed E-state index contributed by atoms with van der Waals surface area (Å²) in [5, 5.41) is 0. The van der Waals surface area contributed by atoms with Crippen LogP contribution in [0.25, 0.3) is 0 Å². The van der Waals surface area contributed by atoms with E-state index in [2.05, 4.69) is 20.4 Å². The van der Waals surface area contributed by atoms with Crippen LogP contribution < -0.4 is 0 Å². The van der Waals surface area contributed by atoms with E-state index in [1.807, 2.05) is 40.8 Å². The SMILES string of the molecule is CCC(C)[Si]1(C)OC(C)(C)O[Si](C)(C)OC(C)(C)O1. The van der Waals surface area contributed by atoms with Gasteiger partial charge in [0.1, 0.15) is 11.6 Å². The fourth-order valence-corrected chi connectivity index (χ4v) is 8.70. The quantitative estimate of drug-likeness (QED) is 0.719. The lowest BCUT2D eigenvalue weighted by molar-refractivity contribution is -0.205. The van der Waals surface area contributed by atoms with Crippen LogP contribution in [0.5, 0.6) is 0 Å². The molecule has 0 spiro atoms. The maximum atomic E-state index is 6.34. The molecule has 0 aromatic carbocycles. The van der Waals surface area contributed by atoms with E-state index in [9.17, 15) is 0 Å². The summed E-state index contributed by atoms with van der Waals surface area (Å²) in [6.07, 6.45) is 1.02. The van der Waals surface area contributed by atoms with Crippen molar-refractivity contribution in [2.75, 3.05) is 0 Å². The van der Waals surface area contributed by atoms with Crippen LogP contribution in [-0.2, 0) is 17.7 Å². The summed E-state index contributed by atoms with van der Waals surface area (Å²) < 4.78 is 25.0. The first-order valence-corrected chi connectivity index (χ1v) is 12.3. The predicted molar refractivity (Wildman–Crippen MR) is 81.3 cm³/mol. The zero-order valence-corrected chi connectivity index (χ0v) is 15.9. The van der Waals surface area contributed by atoms with Crippen molar-refractivity contribution in [3.8, 4) is 0 Å². The van der Waals surface area contributed by atoms with E-state index < -0.39 is 28.7 Å². The molecule has 0 amide bonds. The second-order valence-electron chi connectivity index (χ2n) is 6.93. The van der Waals surface area contributed by atoms with Gasteiger partial charge in [-0.3, -0.25) is 0 Å². The Morgan fingerprint density at radius 1 is 0.842 bits per heavy atom. The van der Waals surface area contributed by atoms with Gasteiger partial charge in [0.15, 0.2) is 0 Å². The predicted octanol–water partition coefficient (Wildman–Crippen LogP) is 4.11. The first-order valence-electron chi connectivity index (χ1n) is 7.11. The smallest absolute Gasteiger partial charge is 0.342 e. The van der Waals surface area contributed by atoms with Crippen LogP contribution in [0.3, 0.4) is 0 Å². The highest BCUT2D eigenvalue weighted by atomic mass is 28.4. The Kier molecular flexibility index (Phi) is 4.77. The van der Waals surface area contributed by atoms with Crippen molar-refractivity contribution >= 4 is 17.1 Å². The summed E-state index contributed by atoms with van der Waals surface area (Å²) in [6, 6.07) is 0. The molecule has 1 aliphatic rings. The average Bonchev–Trinajstić information content (AvgIpc) is 2.07. The first-order chi connectivity index (χ1) is 8.31. The molecule has 1 atom stereocenters. The minimum Gasteiger partial charge on any atom is -0.366 e. The van der Waals surface area contributed by atoms with Crippen molar-refractivity contribution in [3.05, 3.63) is 0 Å². The van der Waals surface area contributed by atoms with Gasteiger partial charge in [-0.05, 0) is 52.9 Å². The minimum absolute atomic E-state index is 0.376. The van der Waals surface area contributed by atoms with Gasteiger partial charge in [0.05, 0.1) is 0 Å². The van der Waals surface area contributed by atoms with Crippen LogP contribution in [0, 0.1) is 0 Å². The van der Waals surface area contributed by atoms with Crippen LogP contribution in [0.2, 0.25) is 25.2 Å². The van der Waals surface area contributed by atoms with Gasteiger partial charge in [0.25, 0.3) is 0 Å². The van der Waals surface area contributed by atoms with Crippen LogP contribution in [-0.4, -0.2) is 28.7 Å². The van der Waals surface area contributed by atoms with E-state index in [0.29, 0.717) is 5.54 Å². The standard InChI is InChI=1S/C13H30O4Si2/c1-10-11(2)19(9)16-12(3,4)14-18(7,8)15-13(5,6)17-19/h11H,10H2,1-9H3. The molecule has 1 unspecified atom stereocenters. The first kappa shape index (κ1) is 17.3. The van der Waals surface area contributed by atoms with Gasteiger partial charge in [0.2, 0.25) is 0 Å². The van der Waals surface area contributed by atoms with Crippen molar-refractivity contribution < 1.29 is 17.7 Å². The zero-order valence-electron chi connectivity index (χ0n) is 13.9. The Bertz CT molecular complexity index is 307. The van der Waals surface area contributed by atoms with Gasteiger partial charge in [-0.1, -0.05) is 20.3 Å². The monoisotopic (exact) mass is 306 g/mol. The molecule has 0 radical (unpaired) electrons. The number of hydrogen-bond donors (Lipinski definition) is 0. The highest BCUT2D eigenvalue weighted by molar-refractivity contribution is 6.68. The molecular formula is C13H30O4Si2. The molecule has 0 saturated carbocycles. The maximum absolute atomic E-state index is 6.34. The fraction of sp³-hybridized carbons (Fsp3) is 1.00. The van der Waals surface area contributed by atoms with E-state index in [-0.39, 0.29) is 0 Å². The Labute approximate surface area is 120 Å². The highest BCUT2D eigenvalue weighted by Gasteiger charge is 2.52. The Morgan fingerprint density at radius 3 is 1.53 bits per heavy atom. The maximum Gasteiger partial charge on any atom is 0.342 e. The summed E-state index contributed by atoms with van der Waals surface area (Å²) >= 11 is 0. The molecular weight excluding hydrogens is 276 g/mol. The third kappa shape index (κ3) is 4.65. The van der Waals surface area contributed by atoms with E-state index in [4.69, 9.17) is 17.7 Å². The topological polar surface area (TPSA) is 36.9 Å². The van der Waals surface area contributed by atoms with Crippen LogP contribution >= 0.6 is 0 Å². The molecule has 19 heavy (non-hydrogen) atoms. The third-order valence-corrected chi connectivity index (χ3v) is 9.35. The normalized spacial score (nSPS) is 30.2. The van der Waals surface area contributed by atoms with Gasteiger partial charge in [0, 0.05) is 0 Å². The van der Waals surface area contributed by atoms with Crippen molar-refractivity contribution in [2.45, 2.75) is 84.7 Å². The summed E-state index contributed by atoms with van der Waals surface area (Å²) in [6.45, 7) is 18.3. The molecule has 1 aliphatic heterocycles. The number of hydrogen-bond acceptors (Lipinski definition) is 4. The molecule has 0 aliphatic carbocycles. The molecule has 1 saturated heterocycles. The molecule has 0 aromatic heterocycles. The highest BCUT2D eigenvalue weighted by Crippen LogP contribution is 2.39. The van der Waals surface area contributed by atoms with Gasteiger partial charge in [-0.2, -0.15) is 0 Å². The molecule has 0 bridgehead atoms.